The van der Waals surface area contributed by atoms with Crippen molar-refractivity contribution in [3.63, 3.8) is 0 Å². The zero-order valence-electron chi connectivity index (χ0n) is 13.1. The number of fused-ring (bicyclic) bond motifs is 1. The first kappa shape index (κ1) is 16.0. The summed E-state index contributed by atoms with van der Waals surface area (Å²) < 4.78 is 24.6. The van der Waals surface area contributed by atoms with Crippen LogP contribution in [0.2, 0.25) is 0 Å². The Bertz CT molecular complexity index is 978. The molecule has 7 nitrogen and oxygen atoms in total. The van der Waals surface area contributed by atoms with Gasteiger partial charge in [-0.15, -0.1) is 0 Å². The van der Waals surface area contributed by atoms with E-state index in [1.54, 1.807) is 24.3 Å². The molecule has 0 aliphatic heterocycles. The Morgan fingerprint density at radius 1 is 1.12 bits per heavy atom. The topological polar surface area (TPSA) is 95.2 Å². The highest BCUT2D eigenvalue weighted by atomic mass is 32.2. The maximum atomic E-state index is 12.6. The van der Waals surface area contributed by atoms with Crippen LogP contribution in [0.15, 0.2) is 48.5 Å². The molecule has 124 valence electrons. The minimum absolute atomic E-state index is 0.242. The molecule has 0 aliphatic carbocycles. The number of anilines is 2. The smallest absolute Gasteiger partial charge is 0.260 e. The molecular formula is C16H16N4O3S. The van der Waals surface area contributed by atoms with Crippen LogP contribution in [0, 0.1) is 0 Å². The van der Waals surface area contributed by atoms with Crippen LogP contribution in [-0.2, 0) is 10.0 Å². The molecule has 0 atom stereocenters. The van der Waals surface area contributed by atoms with Crippen molar-refractivity contribution in [1.29, 1.82) is 0 Å². The van der Waals surface area contributed by atoms with Crippen LogP contribution in [0.1, 0.15) is 10.4 Å². The zero-order chi connectivity index (χ0) is 17.3. The van der Waals surface area contributed by atoms with E-state index in [0.717, 1.165) is 21.6 Å². The molecule has 1 aromatic heterocycles. The van der Waals surface area contributed by atoms with Crippen molar-refractivity contribution in [2.75, 3.05) is 22.9 Å². The third-order valence-electron chi connectivity index (χ3n) is 3.61. The maximum Gasteiger partial charge on any atom is 0.260 e. The van der Waals surface area contributed by atoms with Crippen molar-refractivity contribution < 1.29 is 13.2 Å². The summed E-state index contributed by atoms with van der Waals surface area (Å²) in [5, 5.41) is 2.67. The molecule has 3 aromatic rings. The lowest BCUT2D eigenvalue weighted by Crippen LogP contribution is -2.27. The Morgan fingerprint density at radius 2 is 1.79 bits per heavy atom. The number of imidazole rings is 1. The van der Waals surface area contributed by atoms with Gasteiger partial charge in [0.1, 0.15) is 0 Å². The molecule has 0 bridgehead atoms. The third kappa shape index (κ3) is 3.09. The average molecular weight is 344 g/mol. The predicted molar refractivity (Wildman–Crippen MR) is 93.7 cm³/mol. The van der Waals surface area contributed by atoms with Crippen molar-refractivity contribution in [2.24, 2.45) is 0 Å². The number of amides is 1. The van der Waals surface area contributed by atoms with E-state index in [1.807, 2.05) is 24.3 Å². The molecule has 24 heavy (non-hydrogen) atoms. The number of aromatic amines is 1. The number of rotatable bonds is 4. The summed E-state index contributed by atoms with van der Waals surface area (Å²) in [6.45, 7) is 0. The van der Waals surface area contributed by atoms with E-state index in [2.05, 4.69) is 15.3 Å². The molecule has 1 heterocycles. The van der Waals surface area contributed by atoms with Gasteiger partial charge in [-0.05, 0) is 24.3 Å². The molecule has 8 heteroatoms. The lowest BCUT2D eigenvalue weighted by molar-refractivity contribution is 0.102. The summed E-state index contributed by atoms with van der Waals surface area (Å²) >= 11 is 0. The molecule has 3 rings (SSSR count). The molecule has 0 radical (unpaired) electrons. The summed E-state index contributed by atoms with van der Waals surface area (Å²) in [6, 6.07) is 13.9. The van der Waals surface area contributed by atoms with Crippen LogP contribution >= 0.6 is 0 Å². The van der Waals surface area contributed by atoms with Gasteiger partial charge in [0.15, 0.2) is 0 Å². The van der Waals surface area contributed by atoms with Gasteiger partial charge in [0.05, 0.1) is 28.5 Å². The monoisotopic (exact) mass is 344 g/mol. The minimum atomic E-state index is -3.48. The largest absolute Gasteiger partial charge is 0.324 e. The van der Waals surface area contributed by atoms with Gasteiger partial charge in [-0.3, -0.25) is 14.4 Å². The zero-order valence-corrected chi connectivity index (χ0v) is 14.0. The van der Waals surface area contributed by atoms with Crippen LogP contribution in [-0.4, -0.2) is 37.6 Å². The Balaban J connectivity index is 1.93. The Hall–Kier alpha value is -2.87. The fraction of sp³-hybridized carbons (Fsp3) is 0.125. The van der Waals surface area contributed by atoms with E-state index in [0.29, 0.717) is 11.6 Å². The van der Waals surface area contributed by atoms with E-state index < -0.39 is 15.9 Å². The summed E-state index contributed by atoms with van der Waals surface area (Å²) in [7, 11) is -2.07. The molecule has 2 N–H and O–H groups in total. The van der Waals surface area contributed by atoms with E-state index in [4.69, 9.17) is 0 Å². The Morgan fingerprint density at radius 3 is 2.50 bits per heavy atom. The first-order chi connectivity index (χ1) is 11.4. The molecule has 0 spiro atoms. The number of aromatic nitrogens is 2. The summed E-state index contributed by atoms with van der Waals surface area (Å²) in [4.78, 5) is 19.8. The second kappa shape index (κ2) is 5.97. The molecule has 0 fully saturated rings. The SMILES string of the molecule is CN(c1ccccc1C(=O)Nc1nc2ccccc2[nH]1)S(C)(=O)=O. The van der Waals surface area contributed by atoms with Crippen molar-refractivity contribution in [3.05, 3.63) is 54.1 Å². The second-order valence-electron chi connectivity index (χ2n) is 5.30. The number of nitrogens with zero attached hydrogens (tertiary/aromatic N) is 2. The number of carbonyl (C=O) groups is 1. The number of H-pyrrole nitrogens is 1. The van der Waals surface area contributed by atoms with Gasteiger partial charge in [0.25, 0.3) is 5.91 Å². The van der Waals surface area contributed by atoms with Crippen LogP contribution < -0.4 is 9.62 Å². The quantitative estimate of drug-likeness (QED) is 0.758. The maximum absolute atomic E-state index is 12.6. The number of hydrogen-bond acceptors (Lipinski definition) is 4. The van der Waals surface area contributed by atoms with Crippen molar-refractivity contribution >= 4 is 38.6 Å². The number of carbonyl (C=O) groups excluding carboxylic acids is 1. The highest BCUT2D eigenvalue weighted by Crippen LogP contribution is 2.22. The molecule has 0 saturated carbocycles. The highest BCUT2D eigenvalue weighted by molar-refractivity contribution is 7.92. The average Bonchev–Trinajstić information content (AvgIpc) is 2.95. The standard InChI is InChI=1S/C16H16N4O3S/c1-20(24(2,22)23)14-10-6-3-7-11(14)15(21)19-16-17-12-8-4-5-9-13(12)18-16/h3-10H,1-2H3,(H2,17,18,19,21). The van der Waals surface area contributed by atoms with Crippen molar-refractivity contribution in [3.8, 4) is 0 Å². The number of sulfonamides is 1. The fourth-order valence-electron chi connectivity index (χ4n) is 2.31. The fourth-order valence-corrected chi connectivity index (χ4v) is 2.82. The Labute approximate surface area is 139 Å². The van der Waals surface area contributed by atoms with Crippen LogP contribution in [0.3, 0.4) is 0 Å². The molecule has 2 aromatic carbocycles. The summed E-state index contributed by atoms with van der Waals surface area (Å²) in [5.74, 6) is -0.141. The second-order valence-corrected chi connectivity index (χ2v) is 7.32. The van der Waals surface area contributed by atoms with Gasteiger partial charge in [-0.25, -0.2) is 13.4 Å². The van der Waals surface area contributed by atoms with Gasteiger partial charge in [0.2, 0.25) is 16.0 Å². The van der Waals surface area contributed by atoms with Gasteiger partial charge in [-0.2, -0.15) is 0 Å². The Kier molecular flexibility index (Phi) is 3.98. The van der Waals surface area contributed by atoms with Gasteiger partial charge in [-0.1, -0.05) is 24.3 Å². The molecule has 0 saturated heterocycles. The van der Waals surface area contributed by atoms with Crippen molar-refractivity contribution in [2.45, 2.75) is 0 Å². The number of nitrogens with one attached hydrogen (secondary N) is 2. The summed E-state index contributed by atoms with van der Waals surface area (Å²) in [6.07, 6.45) is 1.08. The van der Waals surface area contributed by atoms with Crippen LogP contribution in [0.25, 0.3) is 11.0 Å². The first-order valence-corrected chi connectivity index (χ1v) is 9.00. The first-order valence-electron chi connectivity index (χ1n) is 7.15. The lowest BCUT2D eigenvalue weighted by Gasteiger charge is -2.19. The number of hydrogen-bond donors (Lipinski definition) is 2. The number of benzene rings is 2. The van der Waals surface area contributed by atoms with E-state index >= 15 is 0 Å². The molecule has 1 amide bonds. The normalized spacial score (nSPS) is 11.4. The van der Waals surface area contributed by atoms with Gasteiger partial charge in [0, 0.05) is 7.05 Å². The number of para-hydroxylation sites is 3. The van der Waals surface area contributed by atoms with Crippen molar-refractivity contribution in [1.82, 2.24) is 9.97 Å². The van der Waals surface area contributed by atoms with E-state index in [-0.39, 0.29) is 5.56 Å². The lowest BCUT2D eigenvalue weighted by atomic mass is 10.1. The van der Waals surface area contributed by atoms with Gasteiger partial charge >= 0.3 is 0 Å². The molecule has 0 unspecified atom stereocenters. The highest BCUT2D eigenvalue weighted by Gasteiger charge is 2.20. The molecular weight excluding hydrogens is 328 g/mol. The third-order valence-corrected chi connectivity index (χ3v) is 4.80. The van der Waals surface area contributed by atoms with Gasteiger partial charge < -0.3 is 4.98 Å². The van der Waals surface area contributed by atoms with E-state index in [1.165, 1.54) is 7.05 Å². The molecule has 0 aliphatic rings. The van der Waals surface area contributed by atoms with Crippen LogP contribution in [0.5, 0.6) is 0 Å². The summed E-state index contributed by atoms with van der Waals surface area (Å²) in [5.41, 5.74) is 2.07. The minimum Gasteiger partial charge on any atom is -0.324 e. The van der Waals surface area contributed by atoms with E-state index in [9.17, 15) is 13.2 Å². The predicted octanol–water partition coefficient (Wildman–Crippen LogP) is 2.21. The van der Waals surface area contributed by atoms with Crippen LogP contribution in [0.4, 0.5) is 11.6 Å².